The van der Waals surface area contributed by atoms with Crippen LogP contribution in [0.3, 0.4) is 0 Å². The van der Waals surface area contributed by atoms with Gasteiger partial charge in [0.2, 0.25) is 0 Å². The third-order valence-corrected chi connectivity index (χ3v) is 5.14. The Balaban J connectivity index is 2.34. The molecular weight excluding hydrogens is 238 g/mol. The van der Waals surface area contributed by atoms with E-state index in [1.165, 1.54) is 0 Å². The molecule has 1 aliphatic rings. The van der Waals surface area contributed by atoms with Gasteiger partial charge in [-0.15, -0.1) is 0 Å². The maximum Gasteiger partial charge on any atom is 0.151 e. The van der Waals surface area contributed by atoms with Gasteiger partial charge in [0.15, 0.2) is 9.84 Å². The fourth-order valence-corrected chi connectivity index (χ4v) is 3.74. The Morgan fingerprint density at radius 2 is 2.12 bits per heavy atom. The molecule has 0 saturated carbocycles. The quantitative estimate of drug-likeness (QED) is 0.783. The number of ether oxygens (including phenoxy) is 1. The molecule has 1 saturated heterocycles. The molecule has 0 aliphatic carbocycles. The predicted molar refractivity (Wildman–Crippen MR) is 70.0 cm³/mol. The Morgan fingerprint density at radius 1 is 1.41 bits per heavy atom. The lowest BCUT2D eigenvalue weighted by atomic mass is 9.89. The van der Waals surface area contributed by atoms with E-state index in [9.17, 15) is 8.42 Å². The third-order valence-electron chi connectivity index (χ3n) is 3.32. The van der Waals surface area contributed by atoms with Gasteiger partial charge in [0.05, 0.1) is 11.5 Å². The van der Waals surface area contributed by atoms with E-state index < -0.39 is 9.84 Å². The van der Waals surface area contributed by atoms with Crippen molar-refractivity contribution in [1.29, 1.82) is 0 Å². The maximum absolute atomic E-state index is 11.5. The van der Waals surface area contributed by atoms with Gasteiger partial charge in [0.1, 0.15) is 0 Å². The van der Waals surface area contributed by atoms with Gasteiger partial charge in [-0.05, 0) is 24.7 Å². The topological polar surface area (TPSA) is 55.4 Å². The molecule has 0 spiro atoms. The van der Waals surface area contributed by atoms with Gasteiger partial charge in [-0.2, -0.15) is 0 Å². The van der Waals surface area contributed by atoms with E-state index in [1.54, 1.807) is 7.11 Å². The first-order valence-electron chi connectivity index (χ1n) is 6.27. The first-order chi connectivity index (χ1) is 7.85. The number of hydrogen-bond donors (Lipinski definition) is 1. The van der Waals surface area contributed by atoms with Gasteiger partial charge < -0.3 is 10.1 Å². The van der Waals surface area contributed by atoms with Crippen molar-refractivity contribution < 1.29 is 13.2 Å². The Morgan fingerprint density at radius 3 is 2.71 bits per heavy atom. The van der Waals surface area contributed by atoms with Crippen molar-refractivity contribution in [3.8, 4) is 0 Å². The molecule has 1 heterocycles. The Labute approximate surface area is 105 Å². The summed E-state index contributed by atoms with van der Waals surface area (Å²) in [7, 11) is -1.10. The zero-order valence-electron chi connectivity index (χ0n) is 11.2. The van der Waals surface area contributed by atoms with Crippen molar-refractivity contribution in [2.75, 3.05) is 31.8 Å². The summed E-state index contributed by atoms with van der Waals surface area (Å²) in [6.45, 7) is 5.95. The summed E-state index contributed by atoms with van der Waals surface area (Å²) >= 11 is 0. The van der Waals surface area contributed by atoms with Crippen LogP contribution in [0.4, 0.5) is 0 Å². The van der Waals surface area contributed by atoms with E-state index in [0.717, 1.165) is 32.4 Å². The second kappa shape index (κ2) is 6.16. The first kappa shape index (κ1) is 14.9. The van der Waals surface area contributed by atoms with Crippen LogP contribution in [0.25, 0.3) is 0 Å². The molecule has 0 aromatic rings. The highest BCUT2D eigenvalue weighted by Crippen LogP contribution is 2.20. The molecule has 5 heteroatoms. The van der Waals surface area contributed by atoms with E-state index in [2.05, 4.69) is 19.2 Å². The summed E-state index contributed by atoms with van der Waals surface area (Å²) < 4.78 is 28.1. The molecule has 17 heavy (non-hydrogen) atoms. The molecule has 4 nitrogen and oxygen atoms in total. The van der Waals surface area contributed by atoms with Crippen molar-refractivity contribution in [3.05, 3.63) is 0 Å². The lowest BCUT2D eigenvalue weighted by Crippen LogP contribution is -2.44. The van der Waals surface area contributed by atoms with E-state index in [1.807, 2.05) is 0 Å². The fraction of sp³-hybridized carbons (Fsp3) is 1.00. The van der Waals surface area contributed by atoms with Crippen molar-refractivity contribution in [1.82, 2.24) is 5.32 Å². The lowest BCUT2D eigenvalue weighted by molar-refractivity contribution is 0.149. The van der Waals surface area contributed by atoms with Gasteiger partial charge in [0.25, 0.3) is 0 Å². The normalized spacial score (nSPS) is 24.8. The van der Waals surface area contributed by atoms with Crippen LogP contribution in [0.2, 0.25) is 0 Å². The number of nitrogens with one attached hydrogen (secondary N) is 1. The Bertz CT molecular complexity index is 325. The SMILES string of the molecule is COCCC(C)(C)CNC1CCCS(=O)(=O)C1. The molecular formula is C12H25NO3S. The van der Waals surface area contributed by atoms with E-state index in [0.29, 0.717) is 11.5 Å². The van der Waals surface area contributed by atoms with Gasteiger partial charge >= 0.3 is 0 Å². The summed E-state index contributed by atoms with van der Waals surface area (Å²) in [5.41, 5.74) is 0.150. The van der Waals surface area contributed by atoms with Crippen LogP contribution >= 0.6 is 0 Å². The molecule has 1 rings (SSSR count). The molecule has 1 N–H and O–H groups in total. The van der Waals surface area contributed by atoms with Crippen LogP contribution in [-0.2, 0) is 14.6 Å². The Hall–Kier alpha value is -0.130. The van der Waals surface area contributed by atoms with Gasteiger partial charge in [-0.1, -0.05) is 13.8 Å². The molecule has 0 amide bonds. The number of methoxy groups -OCH3 is 1. The molecule has 0 bridgehead atoms. The second-order valence-corrected chi connectivity index (χ2v) is 7.97. The van der Waals surface area contributed by atoms with Crippen LogP contribution in [0.1, 0.15) is 33.1 Å². The molecule has 102 valence electrons. The number of hydrogen-bond acceptors (Lipinski definition) is 4. The molecule has 0 aromatic heterocycles. The van der Waals surface area contributed by atoms with E-state index >= 15 is 0 Å². The summed E-state index contributed by atoms with van der Waals surface area (Å²) in [6, 6.07) is 0.135. The van der Waals surface area contributed by atoms with Crippen molar-refractivity contribution >= 4 is 9.84 Å². The van der Waals surface area contributed by atoms with Crippen molar-refractivity contribution in [3.63, 3.8) is 0 Å². The highest BCUT2D eigenvalue weighted by Gasteiger charge is 2.26. The Kier molecular flexibility index (Phi) is 5.41. The van der Waals surface area contributed by atoms with Crippen LogP contribution < -0.4 is 5.32 Å². The third kappa shape index (κ3) is 5.84. The molecule has 1 unspecified atom stereocenters. The average Bonchev–Trinajstić information content (AvgIpc) is 2.23. The molecule has 1 atom stereocenters. The summed E-state index contributed by atoms with van der Waals surface area (Å²) in [5, 5.41) is 3.39. The van der Waals surface area contributed by atoms with Crippen LogP contribution in [-0.4, -0.2) is 46.2 Å². The lowest BCUT2D eigenvalue weighted by Gasteiger charge is -2.30. The molecule has 0 radical (unpaired) electrons. The average molecular weight is 263 g/mol. The summed E-state index contributed by atoms with van der Waals surface area (Å²) in [5.74, 6) is 0.658. The zero-order valence-corrected chi connectivity index (χ0v) is 12.0. The minimum Gasteiger partial charge on any atom is -0.385 e. The molecule has 0 aromatic carbocycles. The second-order valence-electron chi connectivity index (χ2n) is 5.74. The zero-order chi connectivity index (χ0) is 12.9. The molecule has 1 fully saturated rings. The number of rotatable bonds is 6. The molecule has 1 aliphatic heterocycles. The van der Waals surface area contributed by atoms with E-state index in [-0.39, 0.29) is 11.5 Å². The van der Waals surface area contributed by atoms with Crippen LogP contribution in [0.15, 0.2) is 0 Å². The summed E-state index contributed by atoms with van der Waals surface area (Å²) in [6.07, 6.45) is 2.74. The fourth-order valence-electron chi connectivity index (χ4n) is 2.07. The van der Waals surface area contributed by atoms with Crippen molar-refractivity contribution in [2.24, 2.45) is 5.41 Å². The first-order valence-corrected chi connectivity index (χ1v) is 8.09. The summed E-state index contributed by atoms with van der Waals surface area (Å²) in [4.78, 5) is 0. The standard InChI is InChI=1S/C12H25NO3S/c1-12(2,6-7-16-3)10-13-11-5-4-8-17(14,15)9-11/h11,13H,4-10H2,1-3H3. The van der Waals surface area contributed by atoms with E-state index in [4.69, 9.17) is 4.74 Å². The minimum absolute atomic E-state index is 0.135. The number of sulfone groups is 1. The van der Waals surface area contributed by atoms with Gasteiger partial charge in [0, 0.05) is 26.3 Å². The van der Waals surface area contributed by atoms with Crippen molar-refractivity contribution in [2.45, 2.75) is 39.2 Å². The minimum atomic E-state index is -2.80. The highest BCUT2D eigenvalue weighted by atomic mass is 32.2. The van der Waals surface area contributed by atoms with Gasteiger partial charge in [-0.25, -0.2) is 8.42 Å². The van der Waals surface area contributed by atoms with Crippen LogP contribution in [0.5, 0.6) is 0 Å². The smallest absolute Gasteiger partial charge is 0.151 e. The maximum atomic E-state index is 11.5. The van der Waals surface area contributed by atoms with Crippen LogP contribution in [0, 0.1) is 5.41 Å². The predicted octanol–water partition coefficient (Wildman–Crippen LogP) is 1.22. The van der Waals surface area contributed by atoms with Gasteiger partial charge in [-0.3, -0.25) is 0 Å². The monoisotopic (exact) mass is 263 g/mol. The highest BCUT2D eigenvalue weighted by molar-refractivity contribution is 7.91. The largest absolute Gasteiger partial charge is 0.385 e.